The molecule has 1 saturated carbocycles. The second kappa shape index (κ2) is 3.97. The van der Waals surface area contributed by atoms with E-state index in [2.05, 4.69) is 6.92 Å². The van der Waals surface area contributed by atoms with E-state index in [9.17, 15) is 5.11 Å². The van der Waals surface area contributed by atoms with Crippen LogP contribution in [-0.2, 0) is 4.74 Å². The largest absolute Gasteiger partial charge is 0.393 e. The average Bonchev–Trinajstić information content (AvgIpc) is 2.87. The van der Waals surface area contributed by atoms with Gasteiger partial charge in [-0.25, -0.2) is 0 Å². The van der Waals surface area contributed by atoms with E-state index in [1.165, 1.54) is 25.7 Å². The Morgan fingerprint density at radius 1 is 1.31 bits per heavy atom. The molecule has 0 aromatic rings. The average molecular weight is 184 g/mol. The van der Waals surface area contributed by atoms with E-state index >= 15 is 0 Å². The topological polar surface area (TPSA) is 29.5 Å². The number of rotatable bonds is 4. The number of hydrogen-bond acceptors (Lipinski definition) is 2. The fourth-order valence-electron chi connectivity index (χ4n) is 2.17. The van der Waals surface area contributed by atoms with Crippen molar-refractivity contribution in [3.8, 4) is 0 Å². The van der Waals surface area contributed by atoms with Crippen LogP contribution in [0.4, 0.5) is 0 Å². The van der Waals surface area contributed by atoms with Crippen molar-refractivity contribution in [2.75, 3.05) is 0 Å². The summed E-state index contributed by atoms with van der Waals surface area (Å²) in [7, 11) is 0. The molecular weight excluding hydrogens is 164 g/mol. The fourth-order valence-corrected chi connectivity index (χ4v) is 2.17. The summed E-state index contributed by atoms with van der Waals surface area (Å²) in [5.41, 5.74) is 0. The zero-order valence-electron chi connectivity index (χ0n) is 8.41. The van der Waals surface area contributed by atoms with Gasteiger partial charge in [0.1, 0.15) is 0 Å². The molecule has 2 fully saturated rings. The summed E-state index contributed by atoms with van der Waals surface area (Å²) in [6.07, 6.45) is 7.71. The summed E-state index contributed by atoms with van der Waals surface area (Å²) < 4.78 is 5.70. The van der Waals surface area contributed by atoms with Crippen molar-refractivity contribution >= 4 is 0 Å². The highest BCUT2D eigenvalue weighted by atomic mass is 16.5. The van der Waals surface area contributed by atoms with Gasteiger partial charge in [0.25, 0.3) is 0 Å². The normalized spacial score (nSPS) is 36.5. The maximum Gasteiger partial charge on any atom is 0.0580 e. The Bertz CT molecular complexity index is 165. The van der Waals surface area contributed by atoms with Gasteiger partial charge in [-0.1, -0.05) is 0 Å². The minimum Gasteiger partial charge on any atom is -0.393 e. The zero-order chi connectivity index (χ0) is 9.26. The molecule has 2 heteroatoms. The van der Waals surface area contributed by atoms with Crippen LogP contribution >= 0.6 is 0 Å². The quantitative estimate of drug-likeness (QED) is 0.725. The van der Waals surface area contributed by atoms with Crippen LogP contribution in [-0.4, -0.2) is 23.4 Å². The molecule has 1 aliphatic heterocycles. The summed E-state index contributed by atoms with van der Waals surface area (Å²) >= 11 is 0. The number of aliphatic hydroxyl groups excluding tert-OH is 1. The van der Waals surface area contributed by atoms with Gasteiger partial charge in [0, 0.05) is 0 Å². The van der Waals surface area contributed by atoms with Crippen LogP contribution < -0.4 is 0 Å². The highest BCUT2D eigenvalue weighted by Gasteiger charge is 2.30. The Morgan fingerprint density at radius 2 is 2.08 bits per heavy atom. The molecule has 0 bridgehead atoms. The summed E-state index contributed by atoms with van der Waals surface area (Å²) in [6.45, 7) is 2.14. The molecule has 13 heavy (non-hydrogen) atoms. The molecule has 3 unspecified atom stereocenters. The third kappa shape index (κ3) is 2.68. The van der Waals surface area contributed by atoms with E-state index in [-0.39, 0.29) is 6.10 Å². The van der Waals surface area contributed by atoms with Crippen LogP contribution in [0.25, 0.3) is 0 Å². The summed E-state index contributed by atoms with van der Waals surface area (Å²) in [6, 6.07) is 0. The molecular formula is C11H20O2. The van der Waals surface area contributed by atoms with E-state index < -0.39 is 0 Å². The van der Waals surface area contributed by atoms with Crippen LogP contribution in [0.3, 0.4) is 0 Å². The maximum atomic E-state index is 9.66. The fraction of sp³-hybridized carbons (Fsp3) is 1.00. The van der Waals surface area contributed by atoms with Crippen LogP contribution in [0.15, 0.2) is 0 Å². The molecule has 0 radical (unpaired) electrons. The first-order chi connectivity index (χ1) is 6.25. The van der Waals surface area contributed by atoms with Crippen LogP contribution in [0.1, 0.15) is 45.4 Å². The predicted molar refractivity (Wildman–Crippen MR) is 51.5 cm³/mol. The number of ether oxygens (including phenoxy) is 1. The van der Waals surface area contributed by atoms with Crippen molar-refractivity contribution in [1.82, 2.24) is 0 Å². The van der Waals surface area contributed by atoms with Crippen molar-refractivity contribution in [3.63, 3.8) is 0 Å². The van der Waals surface area contributed by atoms with Crippen molar-refractivity contribution in [2.45, 2.75) is 63.8 Å². The lowest BCUT2D eigenvalue weighted by Gasteiger charge is -2.13. The second-order valence-electron chi connectivity index (χ2n) is 4.63. The molecule has 3 atom stereocenters. The van der Waals surface area contributed by atoms with Gasteiger partial charge in [-0.15, -0.1) is 0 Å². The molecule has 0 spiro atoms. The van der Waals surface area contributed by atoms with E-state index in [4.69, 9.17) is 4.74 Å². The van der Waals surface area contributed by atoms with Crippen LogP contribution in [0.2, 0.25) is 0 Å². The summed E-state index contributed by atoms with van der Waals surface area (Å²) in [4.78, 5) is 0. The van der Waals surface area contributed by atoms with E-state index in [1.54, 1.807) is 0 Å². The zero-order valence-corrected chi connectivity index (χ0v) is 8.41. The Morgan fingerprint density at radius 3 is 2.62 bits per heavy atom. The molecule has 0 amide bonds. The number of hydrogen-bond donors (Lipinski definition) is 1. The molecule has 2 nitrogen and oxygen atoms in total. The molecule has 2 rings (SSSR count). The molecule has 76 valence electrons. The molecule has 0 aromatic carbocycles. The first kappa shape index (κ1) is 9.47. The van der Waals surface area contributed by atoms with Crippen LogP contribution in [0, 0.1) is 5.92 Å². The lowest BCUT2D eigenvalue weighted by molar-refractivity contribution is 0.0368. The van der Waals surface area contributed by atoms with Gasteiger partial charge in [-0.3, -0.25) is 0 Å². The smallest absolute Gasteiger partial charge is 0.0580 e. The van der Waals surface area contributed by atoms with Crippen molar-refractivity contribution in [3.05, 3.63) is 0 Å². The molecule has 1 N–H and O–H groups in total. The molecule has 2 aliphatic rings. The Balaban J connectivity index is 1.61. The Kier molecular flexibility index (Phi) is 2.89. The Labute approximate surface area is 80.3 Å². The second-order valence-corrected chi connectivity index (χ2v) is 4.63. The monoisotopic (exact) mass is 184 g/mol. The van der Waals surface area contributed by atoms with E-state index in [0.717, 1.165) is 12.8 Å². The van der Waals surface area contributed by atoms with Crippen LogP contribution in [0.5, 0.6) is 0 Å². The van der Waals surface area contributed by atoms with Gasteiger partial charge in [0.05, 0.1) is 18.3 Å². The third-order valence-corrected chi connectivity index (χ3v) is 3.27. The summed E-state index contributed by atoms with van der Waals surface area (Å²) in [5, 5.41) is 9.66. The first-order valence-corrected chi connectivity index (χ1v) is 5.59. The first-order valence-electron chi connectivity index (χ1n) is 5.59. The van der Waals surface area contributed by atoms with Crippen molar-refractivity contribution in [2.24, 2.45) is 5.92 Å². The molecule has 1 saturated heterocycles. The predicted octanol–water partition coefficient (Wildman–Crippen LogP) is 2.10. The standard InChI is InChI=1S/C11H20O2/c1-8-2-5-10(13-8)6-7-11(12)9-3-4-9/h8-12H,2-7H2,1H3. The highest BCUT2D eigenvalue weighted by Crippen LogP contribution is 2.35. The van der Waals surface area contributed by atoms with Gasteiger partial charge in [0.2, 0.25) is 0 Å². The van der Waals surface area contributed by atoms with Gasteiger partial charge >= 0.3 is 0 Å². The van der Waals surface area contributed by atoms with E-state index in [1.807, 2.05) is 0 Å². The maximum absolute atomic E-state index is 9.66. The molecule has 1 heterocycles. The molecule has 0 aromatic heterocycles. The Hall–Kier alpha value is -0.0800. The minimum atomic E-state index is -0.0421. The van der Waals surface area contributed by atoms with Gasteiger partial charge in [-0.2, -0.15) is 0 Å². The minimum absolute atomic E-state index is 0.0421. The highest BCUT2D eigenvalue weighted by molar-refractivity contribution is 4.82. The third-order valence-electron chi connectivity index (χ3n) is 3.27. The van der Waals surface area contributed by atoms with Crippen molar-refractivity contribution < 1.29 is 9.84 Å². The van der Waals surface area contributed by atoms with Crippen molar-refractivity contribution in [1.29, 1.82) is 0 Å². The molecule has 1 aliphatic carbocycles. The van der Waals surface area contributed by atoms with E-state index in [0.29, 0.717) is 18.1 Å². The van der Waals surface area contributed by atoms with Gasteiger partial charge < -0.3 is 9.84 Å². The number of aliphatic hydroxyl groups is 1. The lowest BCUT2D eigenvalue weighted by Crippen LogP contribution is -2.15. The van der Waals surface area contributed by atoms with Gasteiger partial charge in [-0.05, 0) is 51.4 Å². The summed E-state index contributed by atoms with van der Waals surface area (Å²) in [5.74, 6) is 0.624. The SMILES string of the molecule is CC1CCC(CCC(O)C2CC2)O1. The lowest BCUT2D eigenvalue weighted by atomic mass is 10.0. The van der Waals surface area contributed by atoms with Gasteiger partial charge in [0.15, 0.2) is 0 Å².